The first-order chi connectivity index (χ1) is 14.8. The molecule has 31 heavy (non-hydrogen) atoms. The van der Waals surface area contributed by atoms with Crippen molar-refractivity contribution in [2.75, 3.05) is 39.5 Å². The summed E-state index contributed by atoms with van der Waals surface area (Å²) >= 11 is 0. The van der Waals surface area contributed by atoms with Crippen LogP contribution < -0.4 is 5.32 Å². The molecule has 1 aromatic rings. The van der Waals surface area contributed by atoms with Gasteiger partial charge in [-0.3, -0.25) is 4.99 Å². The molecule has 1 saturated carbocycles. The molecule has 2 fully saturated rings. The maximum absolute atomic E-state index is 9.94. The first-order valence-electron chi connectivity index (χ1n) is 11.7. The number of nitrogens with zero attached hydrogens (tertiary/aromatic N) is 5. The summed E-state index contributed by atoms with van der Waals surface area (Å²) in [5, 5.41) is 13.4. The molecule has 1 saturated heterocycles. The zero-order valence-corrected chi connectivity index (χ0v) is 19.9. The molecule has 2 heterocycles. The molecule has 3 rings (SSSR count). The molecule has 1 unspecified atom stereocenters. The van der Waals surface area contributed by atoms with E-state index in [2.05, 4.69) is 59.6 Å². The Balaban J connectivity index is 1.89. The van der Waals surface area contributed by atoms with Gasteiger partial charge < -0.3 is 20.2 Å². The van der Waals surface area contributed by atoms with E-state index in [-0.39, 0.29) is 6.10 Å². The summed E-state index contributed by atoms with van der Waals surface area (Å²) in [6.45, 7) is 10.7. The van der Waals surface area contributed by atoms with Crippen molar-refractivity contribution in [2.45, 2.75) is 70.6 Å². The number of likely N-dealkylation sites (tertiary alicyclic amines) is 1. The second-order valence-electron chi connectivity index (χ2n) is 9.39. The summed E-state index contributed by atoms with van der Waals surface area (Å²) in [7, 11) is 6.09. The Kier molecular flexibility index (Phi) is 8.06. The molecule has 1 aromatic heterocycles. The van der Waals surface area contributed by atoms with Crippen LogP contribution in [0.4, 0.5) is 5.95 Å². The molecular formula is C24H40N6O. The Labute approximate surface area is 187 Å². The van der Waals surface area contributed by atoms with E-state index in [1.807, 2.05) is 13.2 Å². The van der Waals surface area contributed by atoms with Crippen LogP contribution in [0.15, 0.2) is 17.8 Å². The molecule has 0 radical (unpaired) electrons. The minimum atomic E-state index is -0.183. The van der Waals surface area contributed by atoms with Gasteiger partial charge in [-0.1, -0.05) is 19.9 Å². The number of amidine groups is 1. The monoisotopic (exact) mass is 428 g/mol. The number of aliphatic hydroxyl groups excluding tert-OH is 1. The number of aliphatic hydroxyl groups is 1. The maximum Gasteiger partial charge on any atom is 0.223 e. The van der Waals surface area contributed by atoms with Crippen molar-refractivity contribution < 1.29 is 5.11 Å². The van der Waals surface area contributed by atoms with E-state index in [4.69, 9.17) is 4.98 Å². The predicted octanol–water partition coefficient (Wildman–Crippen LogP) is 3.26. The fourth-order valence-corrected chi connectivity index (χ4v) is 4.59. The topological polar surface area (TPSA) is 76.9 Å². The Bertz CT molecular complexity index is 778. The third kappa shape index (κ3) is 5.63. The summed E-state index contributed by atoms with van der Waals surface area (Å²) in [6.07, 6.45) is 7.47. The first kappa shape index (κ1) is 23.7. The number of aliphatic imine (C=N–C) groups is 1. The van der Waals surface area contributed by atoms with Gasteiger partial charge in [0, 0.05) is 38.4 Å². The van der Waals surface area contributed by atoms with E-state index < -0.39 is 0 Å². The van der Waals surface area contributed by atoms with E-state index >= 15 is 0 Å². The van der Waals surface area contributed by atoms with Gasteiger partial charge in [0.25, 0.3) is 0 Å². The molecule has 1 atom stereocenters. The lowest BCUT2D eigenvalue weighted by Crippen LogP contribution is -2.59. The summed E-state index contributed by atoms with van der Waals surface area (Å²) in [5.74, 6) is 1.93. The average Bonchev–Trinajstić information content (AvgIpc) is 2.70. The average molecular weight is 429 g/mol. The van der Waals surface area contributed by atoms with Gasteiger partial charge >= 0.3 is 0 Å². The van der Waals surface area contributed by atoms with Crippen molar-refractivity contribution in [3.05, 3.63) is 24.0 Å². The molecule has 2 aliphatic rings. The van der Waals surface area contributed by atoms with E-state index in [0.717, 1.165) is 74.3 Å². The van der Waals surface area contributed by atoms with Crippen LogP contribution in [0.5, 0.6) is 0 Å². The van der Waals surface area contributed by atoms with Crippen molar-refractivity contribution in [1.82, 2.24) is 19.8 Å². The van der Waals surface area contributed by atoms with Gasteiger partial charge in [-0.25, -0.2) is 9.97 Å². The number of nitrogens with one attached hydrogen (secondary N) is 1. The van der Waals surface area contributed by atoms with Crippen molar-refractivity contribution in [3.63, 3.8) is 0 Å². The maximum atomic E-state index is 9.94. The highest BCUT2D eigenvalue weighted by molar-refractivity contribution is 6.02. The Morgan fingerprint density at radius 1 is 1.32 bits per heavy atom. The first-order valence-corrected chi connectivity index (χ1v) is 11.7. The van der Waals surface area contributed by atoms with Gasteiger partial charge in [-0.15, -0.1) is 0 Å². The number of allylic oxidation sites excluding steroid dienone is 1. The molecule has 2 N–H and O–H groups in total. The molecule has 0 spiro atoms. The fourth-order valence-electron chi connectivity index (χ4n) is 4.59. The third-order valence-corrected chi connectivity index (χ3v) is 6.72. The largest absolute Gasteiger partial charge is 0.393 e. The van der Waals surface area contributed by atoms with Crippen LogP contribution in [-0.2, 0) is 0 Å². The Hall–Kier alpha value is -1.99. The molecular weight excluding hydrogens is 388 g/mol. The van der Waals surface area contributed by atoms with Gasteiger partial charge in [-0.2, -0.15) is 0 Å². The second-order valence-corrected chi connectivity index (χ2v) is 9.39. The van der Waals surface area contributed by atoms with Crippen molar-refractivity contribution in [3.8, 4) is 0 Å². The second kappa shape index (κ2) is 10.6. The number of rotatable bonds is 8. The molecule has 172 valence electrons. The van der Waals surface area contributed by atoms with E-state index in [0.29, 0.717) is 23.9 Å². The van der Waals surface area contributed by atoms with Crippen LogP contribution in [0.3, 0.4) is 0 Å². The summed E-state index contributed by atoms with van der Waals surface area (Å²) < 4.78 is 0. The minimum absolute atomic E-state index is 0.183. The summed E-state index contributed by atoms with van der Waals surface area (Å²) in [6, 6.07) is 0.859. The van der Waals surface area contributed by atoms with Crippen LogP contribution in [-0.4, -0.2) is 83.1 Å². The highest BCUT2D eigenvalue weighted by Gasteiger charge is 2.33. The zero-order chi connectivity index (χ0) is 22.5. The number of aromatic nitrogens is 2. The van der Waals surface area contributed by atoms with Crippen LogP contribution in [0.1, 0.15) is 63.6 Å². The molecule has 0 amide bonds. The number of hydrogen-bond donors (Lipinski definition) is 2. The van der Waals surface area contributed by atoms with Crippen LogP contribution in [0, 0.1) is 5.92 Å². The van der Waals surface area contributed by atoms with Gasteiger partial charge in [0.05, 0.1) is 17.4 Å². The van der Waals surface area contributed by atoms with Gasteiger partial charge in [0.2, 0.25) is 5.95 Å². The Morgan fingerprint density at radius 2 is 2.00 bits per heavy atom. The SMILES string of the molecule is C=C(c1nc(NC(C)CCC)ncc1C(=NC)N1CC(N(C)C)C1)C1CCC(O)CC1. The zero-order valence-electron chi connectivity index (χ0n) is 19.9. The quantitative estimate of drug-likeness (QED) is 0.489. The lowest BCUT2D eigenvalue weighted by molar-refractivity contribution is 0.119. The van der Waals surface area contributed by atoms with E-state index in [9.17, 15) is 5.11 Å². The molecule has 7 nitrogen and oxygen atoms in total. The number of anilines is 1. The summed E-state index contributed by atoms with van der Waals surface area (Å²) in [5.41, 5.74) is 2.90. The van der Waals surface area contributed by atoms with Gasteiger partial charge in [0.15, 0.2) is 0 Å². The lowest BCUT2D eigenvalue weighted by atomic mass is 9.81. The standard InChI is InChI=1S/C24H40N6O/c1-7-8-16(2)27-24-26-13-21(23(25-4)30-14-19(15-30)29(5)6)22(28-24)17(3)18-9-11-20(31)12-10-18/h13,16,18-20,31H,3,7-12,14-15H2,1-2,4-6H3,(H,26,27,28). The summed E-state index contributed by atoms with van der Waals surface area (Å²) in [4.78, 5) is 18.8. The smallest absolute Gasteiger partial charge is 0.223 e. The highest BCUT2D eigenvalue weighted by atomic mass is 16.3. The number of hydrogen-bond acceptors (Lipinski definition) is 6. The van der Waals surface area contributed by atoms with Crippen molar-refractivity contribution >= 4 is 17.4 Å². The third-order valence-electron chi connectivity index (χ3n) is 6.72. The molecule has 7 heteroatoms. The van der Waals surface area contributed by atoms with Gasteiger partial charge in [-0.05, 0) is 64.6 Å². The van der Waals surface area contributed by atoms with Crippen LogP contribution >= 0.6 is 0 Å². The van der Waals surface area contributed by atoms with Crippen molar-refractivity contribution in [2.24, 2.45) is 10.9 Å². The minimum Gasteiger partial charge on any atom is -0.393 e. The van der Waals surface area contributed by atoms with Gasteiger partial charge in [0.1, 0.15) is 5.84 Å². The predicted molar refractivity (Wildman–Crippen MR) is 129 cm³/mol. The van der Waals surface area contributed by atoms with Crippen molar-refractivity contribution in [1.29, 1.82) is 0 Å². The van der Waals surface area contributed by atoms with E-state index in [1.165, 1.54) is 0 Å². The molecule has 1 aliphatic heterocycles. The lowest BCUT2D eigenvalue weighted by Gasteiger charge is -2.44. The molecule has 0 aromatic carbocycles. The van der Waals surface area contributed by atoms with Crippen LogP contribution in [0.2, 0.25) is 0 Å². The Morgan fingerprint density at radius 3 is 2.58 bits per heavy atom. The fraction of sp³-hybridized carbons (Fsp3) is 0.708. The number of likely N-dealkylation sites (N-methyl/N-ethyl adjacent to an activating group) is 1. The normalized spacial score (nSPS) is 23.6. The van der Waals surface area contributed by atoms with Crippen LogP contribution in [0.25, 0.3) is 5.57 Å². The van der Waals surface area contributed by atoms with E-state index in [1.54, 1.807) is 0 Å². The highest BCUT2D eigenvalue weighted by Crippen LogP contribution is 2.36. The molecule has 0 bridgehead atoms. The molecule has 1 aliphatic carbocycles.